The standard InChI is InChI=1S/C22H21F2N3O3/c1-22(16-11-14(23)9-10-17(16)24)20(29)27(21(30)26-22)12-19(28)25-18-8-4-6-13-5-2-3-7-15(13)18/h2-3,5,7,9-11,18H,4,6,8,12H2,1H3,(H,25,28)(H,26,30)/t18-,22-/m1/s1. The molecule has 2 aromatic carbocycles. The summed E-state index contributed by atoms with van der Waals surface area (Å²) in [6.07, 6.45) is 2.62. The maximum absolute atomic E-state index is 14.2. The Balaban J connectivity index is 1.50. The Hall–Kier alpha value is -3.29. The molecule has 0 saturated carbocycles. The first kappa shape index (κ1) is 20.0. The molecule has 0 spiro atoms. The zero-order valence-electron chi connectivity index (χ0n) is 16.4. The molecule has 1 fully saturated rings. The SMILES string of the molecule is C[C@]1(c2cc(F)ccc2F)NC(=O)N(CC(=O)N[C@@H]2CCCc3ccccc32)C1=O. The fourth-order valence-electron chi connectivity index (χ4n) is 4.19. The molecule has 1 saturated heterocycles. The Kier molecular flexibility index (Phi) is 5.01. The van der Waals surface area contributed by atoms with Gasteiger partial charge < -0.3 is 10.6 Å². The van der Waals surface area contributed by atoms with Gasteiger partial charge in [0.2, 0.25) is 5.91 Å². The van der Waals surface area contributed by atoms with E-state index in [1.807, 2.05) is 24.3 Å². The first-order valence-electron chi connectivity index (χ1n) is 9.76. The average molecular weight is 413 g/mol. The molecule has 2 atom stereocenters. The highest BCUT2D eigenvalue weighted by molar-refractivity contribution is 6.09. The fourth-order valence-corrected chi connectivity index (χ4v) is 4.19. The van der Waals surface area contributed by atoms with Gasteiger partial charge >= 0.3 is 6.03 Å². The van der Waals surface area contributed by atoms with E-state index in [4.69, 9.17) is 0 Å². The molecule has 0 unspecified atom stereocenters. The van der Waals surface area contributed by atoms with Gasteiger partial charge in [0.25, 0.3) is 5.91 Å². The summed E-state index contributed by atoms with van der Waals surface area (Å²) in [6, 6.07) is 9.49. The number of halogens is 2. The Labute approximate surface area is 172 Å². The van der Waals surface area contributed by atoms with Crippen LogP contribution < -0.4 is 10.6 Å². The maximum atomic E-state index is 14.2. The minimum atomic E-state index is -1.79. The van der Waals surface area contributed by atoms with Gasteiger partial charge in [-0.05, 0) is 55.5 Å². The van der Waals surface area contributed by atoms with E-state index in [0.717, 1.165) is 53.5 Å². The highest BCUT2D eigenvalue weighted by atomic mass is 19.1. The second kappa shape index (κ2) is 7.51. The highest BCUT2D eigenvalue weighted by Crippen LogP contribution is 2.32. The Bertz CT molecular complexity index is 1040. The molecule has 2 N–H and O–H groups in total. The monoisotopic (exact) mass is 413 g/mol. The normalized spacial score (nSPS) is 23.2. The van der Waals surface area contributed by atoms with Crippen molar-refractivity contribution in [2.45, 2.75) is 37.8 Å². The van der Waals surface area contributed by atoms with Gasteiger partial charge in [-0.1, -0.05) is 24.3 Å². The summed E-state index contributed by atoms with van der Waals surface area (Å²) < 4.78 is 27.9. The molecule has 156 valence electrons. The average Bonchev–Trinajstić information content (AvgIpc) is 2.94. The van der Waals surface area contributed by atoms with Gasteiger partial charge in [-0.2, -0.15) is 0 Å². The summed E-state index contributed by atoms with van der Waals surface area (Å²) in [6.45, 7) is 0.788. The van der Waals surface area contributed by atoms with E-state index in [2.05, 4.69) is 10.6 Å². The van der Waals surface area contributed by atoms with Gasteiger partial charge in [0.1, 0.15) is 23.7 Å². The number of carbonyl (C=O) groups excluding carboxylic acids is 3. The Morgan fingerprint density at radius 1 is 1.23 bits per heavy atom. The van der Waals surface area contributed by atoms with Crippen LogP contribution in [0.25, 0.3) is 0 Å². The minimum Gasteiger partial charge on any atom is -0.348 e. The number of benzene rings is 2. The van der Waals surface area contributed by atoms with Crippen LogP contribution in [-0.4, -0.2) is 29.3 Å². The first-order chi connectivity index (χ1) is 14.3. The van der Waals surface area contributed by atoms with Gasteiger partial charge in [0.15, 0.2) is 0 Å². The Morgan fingerprint density at radius 2 is 2.00 bits per heavy atom. The van der Waals surface area contributed by atoms with Crippen LogP contribution in [0.2, 0.25) is 0 Å². The molecule has 1 aliphatic heterocycles. The van der Waals surface area contributed by atoms with Crippen LogP contribution in [0, 0.1) is 11.6 Å². The van der Waals surface area contributed by atoms with E-state index in [1.54, 1.807) is 0 Å². The zero-order chi connectivity index (χ0) is 21.5. The topological polar surface area (TPSA) is 78.5 Å². The number of hydrogen-bond acceptors (Lipinski definition) is 3. The van der Waals surface area contributed by atoms with E-state index in [0.29, 0.717) is 0 Å². The van der Waals surface area contributed by atoms with Crippen molar-refractivity contribution in [3.63, 3.8) is 0 Å². The molecule has 30 heavy (non-hydrogen) atoms. The third-order valence-electron chi connectivity index (χ3n) is 5.75. The molecule has 0 aromatic heterocycles. The zero-order valence-corrected chi connectivity index (χ0v) is 16.4. The van der Waals surface area contributed by atoms with Crippen molar-refractivity contribution < 1.29 is 23.2 Å². The van der Waals surface area contributed by atoms with Crippen LogP contribution in [0.15, 0.2) is 42.5 Å². The van der Waals surface area contributed by atoms with Crippen LogP contribution in [0.4, 0.5) is 13.6 Å². The van der Waals surface area contributed by atoms with Gasteiger partial charge in [0.05, 0.1) is 6.04 Å². The molecule has 0 bridgehead atoms. The molecule has 1 heterocycles. The summed E-state index contributed by atoms with van der Waals surface area (Å²) in [7, 11) is 0. The van der Waals surface area contributed by atoms with Crippen LogP contribution >= 0.6 is 0 Å². The quantitative estimate of drug-likeness (QED) is 0.757. The lowest BCUT2D eigenvalue weighted by Gasteiger charge is -2.27. The number of amides is 4. The van der Waals surface area contributed by atoms with Gasteiger partial charge in [-0.3, -0.25) is 14.5 Å². The summed E-state index contributed by atoms with van der Waals surface area (Å²) in [5.41, 5.74) is 0.116. The number of aryl methyl sites for hydroxylation is 1. The third kappa shape index (κ3) is 3.42. The van der Waals surface area contributed by atoms with Crippen LogP contribution in [0.3, 0.4) is 0 Å². The number of urea groups is 1. The molecule has 8 heteroatoms. The van der Waals surface area contributed by atoms with E-state index in [-0.39, 0.29) is 11.6 Å². The lowest BCUT2D eigenvalue weighted by molar-refractivity contribution is -0.135. The Morgan fingerprint density at radius 3 is 2.80 bits per heavy atom. The van der Waals surface area contributed by atoms with Crippen LogP contribution in [-0.2, 0) is 21.5 Å². The lowest BCUT2D eigenvalue weighted by atomic mass is 9.88. The number of fused-ring (bicyclic) bond motifs is 1. The van der Waals surface area contributed by atoms with Crippen LogP contribution in [0.1, 0.15) is 42.5 Å². The van der Waals surface area contributed by atoms with Gasteiger partial charge in [-0.25, -0.2) is 13.6 Å². The molecule has 2 aromatic rings. The minimum absolute atomic E-state index is 0.199. The number of rotatable bonds is 4. The highest BCUT2D eigenvalue weighted by Gasteiger charge is 2.51. The first-order valence-corrected chi connectivity index (χ1v) is 9.76. The predicted octanol–water partition coefficient (Wildman–Crippen LogP) is 2.93. The molecular formula is C22H21F2N3O3. The van der Waals surface area contributed by atoms with Gasteiger partial charge in [-0.15, -0.1) is 0 Å². The number of nitrogens with one attached hydrogen (secondary N) is 2. The van der Waals surface area contributed by atoms with Crippen molar-refractivity contribution in [2.24, 2.45) is 0 Å². The largest absolute Gasteiger partial charge is 0.348 e. The van der Waals surface area contributed by atoms with E-state index in [9.17, 15) is 23.2 Å². The second-order valence-electron chi connectivity index (χ2n) is 7.78. The number of imide groups is 1. The number of carbonyl (C=O) groups is 3. The van der Waals surface area contributed by atoms with Crippen molar-refractivity contribution in [3.05, 3.63) is 70.8 Å². The molecule has 4 rings (SSSR count). The molecular weight excluding hydrogens is 392 g/mol. The van der Waals surface area contributed by atoms with Crippen molar-refractivity contribution in [2.75, 3.05) is 6.54 Å². The van der Waals surface area contributed by atoms with E-state index in [1.165, 1.54) is 6.92 Å². The number of hydrogen-bond donors (Lipinski definition) is 2. The van der Waals surface area contributed by atoms with Crippen molar-refractivity contribution in [1.82, 2.24) is 15.5 Å². The smallest absolute Gasteiger partial charge is 0.325 e. The second-order valence-corrected chi connectivity index (χ2v) is 7.78. The lowest BCUT2D eigenvalue weighted by Crippen LogP contribution is -2.44. The third-order valence-corrected chi connectivity index (χ3v) is 5.75. The predicted molar refractivity (Wildman–Crippen MR) is 104 cm³/mol. The molecule has 4 amide bonds. The maximum Gasteiger partial charge on any atom is 0.325 e. The molecule has 0 radical (unpaired) electrons. The number of nitrogens with zero attached hydrogens (tertiary/aromatic N) is 1. The van der Waals surface area contributed by atoms with Crippen LogP contribution in [0.5, 0.6) is 0 Å². The van der Waals surface area contributed by atoms with E-state index < -0.39 is 41.6 Å². The fraction of sp³-hybridized carbons (Fsp3) is 0.318. The van der Waals surface area contributed by atoms with Crippen molar-refractivity contribution >= 4 is 17.8 Å². The summed E-state index contributed by atoms with van der Waals surface area (Å²) >= 11 is 0. The van der Waals surface area contributed by atoms with Crippen molar-refractivity contribution in [3.8, 4) is 0 Å². The van der Waals surface area contributed by atoms with Crippen molar-refractivity contribution in [1.29, 1.82) is 0 Å². The molecule has 2 aliphatic rings. The molecule has 6 nitrogen and oxygen atoms in total. The molecule has 1 aliphatic carbocycles. The van der Waals surface area contributed by atoms with Gasteiger partial charge in [0, 0.05) is 5.56 Å². The van der Waals surface area contributed by atoms with E-state index >= 15 is 0 Å². The summed E-state index contributed by atoms with van der Waals surface area (Å²) in [5, 5.41) is 5.27. The summed E-state index contributed by atoms with van der Waals surface area (Å²) in [4.78, 5) is 38.6. The summed E-state index contributed by atoms with van der Waals surface area (Å²) in [5.74, 6) is -2.86.